The molecule has 0 spiro atoms. The van der Waals surface area contributed by atoms with Crippen LogP contribution in [0.3, 0.4) is 0 Å². The van der Waals surface area contributed by atoms with Crippen molar-refractivity contribution in [3.05, 3.63) is 28.2 Å². The number of carbonyl (C=O) groups excluding carboxylic acids is 1. The molecule has 116 valence electrons. The summed E-state index contributed by atoms with van der Waals surface area (Å²) in [5.41, 5.74) is 1.20. The van der Waals surface area contributed by atoms with Crippen LogP contribution in [0.25, 0.3) is 0 Å². The summed E-state index contributed by atoms with van der Waals surface area (Å²) in [7, 11) is 1.85. The Morgan fingerprint density at radius 2 is 2.24 bits per heavy atom. The molecule has 1 N–H and O–H groups in total. The molecule has 0 atom stereocenters. The highest BCUT2D eigenvalue weighted by Gasteiger charge is 2.29. The average molecular weight is 355 g/mol. The lowest BCUT2D eigenvalue weighted by Gasteiger charge is -2.17. The summed E-state index contributed by atoms with van der Waals surface area (Å²) < 4.78 is 6.51. The van der Waals surface area contributed by atoms with Crippen molar-refractivity contribution in [2.45, 2.75) is 38.8 Å². The highest BCUT2D eigenvalue weighted by atomic mass is 79.9. The summed E-state index contributed by atoms with van der Waals surface area (Å²) in [6.45, 7) is 4.10. The standard InChI is InChI=1S/C16H23BrN2O2/c1-3-8-18-10-12-4-7-15(14(17)9-12)21-11-16(20)19(2)13-5-6-13/h4,7,9,13,18H,3,5-6,8,10-11H2,1-2H3. The minimum atomic E-state index is 0.0399. The van der Waals surface area contributed by atoms with E-state index in [4.69, 9.17) is 4.74 Å². The zero-order valence-corrected chi connectivity index (χ0v) is 14.3. The molecule has 1 aromatic carbocycles. The molecule has 1 aliphatic carbocycles. The van der Waals surface area contributed by atoms with Crippen LogP contribution in [0, 0.1) is 0 Å². The minimum absolute atomic E-state index is 0.0399. The summed E-state index contributed by atoms with van der Waals surface area (Å²) in [6.07, 6.45) is 3.36. The van der Waals surface area contributed by atoms with Crippen LogP contribution in [-0.2, 0) is 11.3 Å². The predicted octanol–water partition coefficient (Wildman–Crippen LogP) is 2.95. The fourth-order valence-corrected chi connectivity index (χ4v) is 2.63. The average Bonchev–Trinajstić information content (AvgIpc) is 3.30. The first-order chi connectivity index (χ1) is 10.1. The molecule has 0 heterocycles. The topological polar surface area (TPSA) is 41.6 Å². The Balaban J connectivity index is 1.84. The molecule has 4 nitrogen and oxygen atoms in total. The van der Waals surface area contributed by atoms with E-state index < -0.39 is 0 Å². The van der Waals surface area contributed by atoms with Crippen LogP contribution >= 0.6 is 15.9 Å². The third-order valence-electron chi connectivity index (χ3n) is 3.59. The Labute approximate surface area is 135 Å². The maximum absolute atomic E-state index is 11.9. The molecule has 0 saturated heterocycles. The van der Waals surface area contributed by atoms with Crippen LogP contribution in [0.15, 0.2) is 22.7 Å². The summed E-state index contributed by atoms with van der Waals surface area (Å²) in [5, 5.41) is 3.36. The minimum Gasteiger partial charge on any atom is -0.483 e. The molecular formula is C16H23BrN2O2. The van der Waals surface area contributed by atoms with Gasteiger partial charge in [0.15, 0.2) is 6.61 Å². The first kappa shape index (κ1) is 16.3. The molecule has 1 aliphatic rings. The molecular weight excluding hydrogens is 332 g/mol. The van der Waals surface area contributed by atoms with E-state index in [0.29, 0.717) is 11.8 Å². The predicted molar refractivity (Wildman–Crippen MR) is 87.4 cm³/mol. The molecule has 1 fully saturated rings. The monoisotopic (exact) mass is 354 g/mol. The van der Waals surface area contributed by atoms with Crippen LogP contribution in [-0.4, -0.2) is 37.0 Å². The van der Waals surface area contributed by atoms with E-state index in [1.54, 1.807) is 4.90 Å². The number of hydrogen-bond acceptors (Lipinski definition) is 3. The summed E-state index contributed by atoms with van der Waals surface area (Å²) >= 11 is 3.51. The van der Waals surface area contributed by atoms with Crippen molar-refractivity contribution in [2.24, 2.45) is 0 Å². The van der Waals surface area contributed by atoms with Gasteiger partial charge in [-0.2, -0.15) is 0 Å². The lowest BCUT2D eigenvalue weighted by Crippen LogP contribution is -2.33. The zero-order valence-electron chi connectivity index (χ0n) is 12.7. The third kappa shape index (κ3) is 5.00. The van der Waals surface area contributed by atoms with Crippen molar-refractivity contribution < 1.29 is 9.53 Å². The lowest BCUT2D eigenvalue weighted by atomic mass is 10.2. The highest BCUT2D eigenvalue weighted by molar-refractivity contribution is 9.10. The summed E-state index contributed by atoms with van der Waals surface area (Å²) in [4.78, 5) is 13.7. The maximum Gasteiger partial charge on any atom is 0.260 e. The van der Waals surface area contributed by atoms with Gasteiger partial charge in [-0.3, -0.25) is 4.79 Å². The number of benzene rings is 1. The first-order valence-corrected chi connectivity index (χ1v) is 8.28. The van der Waals surface area contributed by atoms with Gasteiger partial charge in [-0.25, -0.2) is 0 Å². The number of nitrogens with one attached hydrogen (secondary N) is 1. The fourth-order valence-electron chi connectivity index (χ4n) is 2.09. The Morgan fingerprint density at radius 1 is 1.48 bits per heavy atom. The number of carbonyl (C=O) groups is 1. The second-order valence-electron chi connectivity index (χ2n) is 5.47. The van der Waals surface area contributed by atoms with Crippen LogP contribution in [0.5, 0.6) is 5.75 Å². The highest BCUT2D eigenvalue weighted by Crippen LogP contribution is 2.27. The smallest absolute Gasteiger partial charge is 0.260 e. The second kappa shape index (κ2) is 7.80. The van der Waals surface area contributed by atoms with Crippen molar-refractivity contribution in [2.75, 3.05) is 20.2 Å². The fraction of sp³-hybridized carbons (Fsp3) is 0.562. The molecule has 1 aromatic rings. The Hall–Kier alpha value is -1.07. The SMILES string of the molecule is CCCNCc1ccc(OCC(=O)N(C)C2CC2)c(Br)c1. The molecule has 1 saturated carbocycles. The number of rotatable bonds is 8. The normalized spacial score (nSPS) is 14.0. The van der Waals surface area contributed by atoms with Crippen LogP contribution in [0.2, 0.25) is 0 Å². The van der Waals surface area contributed by atoms with E-state index in [1.807, 2.05) is 25.2 Å². The molecule has 21 heavy (non-hydrogen) atoms. The van der Waals surface area contributed by atoms with Crippen molar-refractivity contribution in [3.8, 4) is 5.75 Å². The number of amides is 1. The molecule has 0 bridgehead atoms. The molecule has 2 rings (SSSR count). The van der Waals surface area contributed by atoms with Gasteiger partial charge < -0.3 is 15.0 Å². The largest absolute Gasteiger partial charge is 0.483 e. The van der Waals surface area contributed by atoms with E-state index in [0.717, 1.165) is 36.8 Å². The number of likely N-dealkylation sites (N-methyl/N-ethyl adjacent to an activating group) is 1. The van der Waals surface area contributed by atoms with Gasteiger partial charge in [-0.1, -0.05) is 13.0 Å². The van der Waals surface area contributed by atoms with Gasteiger partial charge in [0.2, 0.25) is 0 Å². The summed E-state index contributed by atoms with van der Waals surface area (Å²) in [6, 6.07) is 6.40. The van der Waals surface area contributed by atoms with Crippen molar-refractivity contribution in [1.82, 2.24) is 10.2 Å². The number of halogens is 1. The molecule has 0 aliphatic heterocycles. The Kier molecular flexibility index (Phi) is 6.06. The van der Waals surface area contributed by atoms with Gasteiger partial charge in [0.05, 0.1) is 4.47 Å². The van der Waals surface area contributed by atoms with Crippen molar-refractivity contribution in [3.63, 3.8) is 0 Å². The second-order valence-corrected chi connectivity index (χ2v) is 6.32. The molecule has 5 heteroatoms. The molecule has 0 radical (unpaired) electrons. The van der Waals surface area contributed by atoms with Crippen LogP contribution in [0.1, 0.15) is 31.7 Å². The molecule has 0 unspecified atom stereocenters. The van der Waals surface area contributed by atoms with Gasteiger partial charge in [0.25, 0.3) is 5.91 Å². The van der Waals surface area contributed by atoms with E-state index >= 15 is 0 Å². The number of ether oxygens (including phenoxy) is 1. The molecule has 1 amide bonds. The molecule has 0 aromatic heterocycles. The van der Waals surface area contributed by atoms with E-state index in [-0.39, 0.29) is 12.5 Å². The van der Waals surface area contributed by atoms with Crippen molar-refractivity contribution >= 4 is 21.8 Å². The van der Waals surface area contributed by atoms with Crippen LogP contribution in [0.4, 0.5) is 0 Å². The Bertz CT molecular complexity index is 489. The van der Waals surface area contributed by atoms with Gasteiger partial charge in [0, 0.05) is 19.6 Å². The van der Waals surface area contributed by atoms with E-state index in [2.05, 4.69) is 28.2 Å². The Morgan fingerprint density at radius 3 is 2.86 bits per heavy atom. The number of nitrogens with zero attached hydrogens (tertiary/aromatic N) is 1. The zero-order chi connectivity index (χ0) is 15.2. The van der Waals surface area contributed by atoms with Gasteiger partial charge >= 0.3 is 0 Å². The quantitative estimate of drug-likeness (QED) is 0.729. The van der Waals surface area contributed by atoms with Gasteiger partial charge in [0.1, 0.15) is 5.75 Å². The van der Waals surface area contributed by atoms with E-state index in [1.165, 1.54) is 5.56 Å². The van der Waals surface area contributed by atoms with Gasteiger partial charge in [-0.05, 0) is 59.4 Å². The third-order valence-corrected chi connectivity index (χ3v) is 4.21. The van der Waals surface area contributed by atoms with Gasteiger partial charge in [-0.15, -0.1) is 0 Å². The lowest BCUT2D eigenvalue weighted by molar-refractivity contribution is -0.132. The van der Waals surface area contributed by atoms with E-state index in [9.17, 15) is 4.79 Å². The van der Waals surface area contributed by atoms with Crippen LogP contribution < -0.4 is 10.1 Å². The number of hydrogen-bond donors (Lipinski definition) is 1. The first-order valence-electron chi connectivity index (χ1n) is 7.49. The van der Waals surface area contributed by atoms with Crippen molar-refractivity contribution in [1.29, 1.82) is 0 Å². The maximum atomic E-state index is 11.9. The summed E-state index contributed by atoms with van der Waals surface area (Å²) in [5.74, 6) is 0.755.